The zero-order valence-corrected chi connectivity index (χ0v) is 19.1. The van der Waals surface area contributed by atoms with Crippen molar-refractivity contribution in [1.82, 2.24) is 19.7 Å². The number of ether oxygens (including phenoxy) is 2. The number of aryl methyl sites for hydroxylation is 2. The lowest BCUT2D eigenvalue weighted by Gasteiger charge is -2.12. The molecule has 0 radical (unpaired) electrons. The summed E-state index contributed by atoms with van der Waals surface area (Å²) in [7, 11) is 2.94. The topological polar surface area (TPSA) is 112 Å². The fourth-order valence-corrected chi connectivity index (χ4v) is 4.30. The van der Waals surface area contributed by atoms with Crippen LogP contribution in [0.5, 0.6) is 5.75 Å². The van der Waals surface area contributed by atoms with E-state index in [0.717, 1.165) is 33.3 Å². The van der Waals surface area contributed by atoms with Gasteiger partial charge in [-0.1, -0.05) is 17.3 Å². The molecule has 3 aromatic heterocycles. The number of H-pyrrole nitrogens is 1. The largest absolute Gasteiger partial charge is 0.496 e. The minimum absolute atomic E-state index is 0.255. The summed E-state index contributed by atoms with van der Waals surface area (Å²) >= 11 is 0. The van der Waals surface area contributed by atoms with Gasteiger partial charge in [-0.2, -0.15) is 0 Å². The minimum atomic E-state index is -0.408. The summed E-state index contributed by atoms with van der Waals surface area (Å²) < 4.78 is 17.5. The van der Waals surface area contributed by atoms with E-state index in [9.17, 15) is 9.59 Å². The van der Waals surface area contributed by atoms with Crippen LogP contribution in [0.25, 0.3) is 33.1 Å². The van der Waals surface area contributed by atoms with Crippen LogP contribution in [0.1, 0.15) is 27.4 Å². The Morgan fingerprint density at radius 2 is 1.91 bits per heavy atom. The van der Waals surface area contributed by atoms with Crippen molar-refractivity contribution in [2.24, 2.45) is 0 Å². The van der Waals surface area contributed by atoms with Crippen molar-refractivity contribution in [3.63, 3.8) is 0 Å². The molecule has 9 nitrogen and oxygen atoms in total. The van der Waals surface area contributed by atoms with Crippen LogP contribution in [0.4, 0.5) is 0 Å². The molecule has 0 atom stereocenters. The lowest BCUT2D eigenvalue weighted by Crippen LogP contribution is -2.17. The first kappa shape index (κ1) is 21.4. The van der Waals surface area contributed by atoms with Gasteiger partial charge in [-0.3, -0.25) is 9.55 Å². The van der Waals surface area contributed by atoms with Gasteiger partial charge in [0.1, 0.15) is 11.5 Å². The lowest BCUT2D eigenvalue weighted by molar-refractivity contribution is 0.0600. The molecule has 0 aliphatic carbocycles. The zero-order chi connectivity index (χ0) is 24.0. The Kier molecular flexibility index (Phi) is 5.16. The molecule has 5 aromatic rings. The van der Waals surface area contributed by atoms with Crippen LogP contribution in [0, 0.1) is 13.8 Å². The van der Waals surface area contributed by atoms with Gasteiger partial charge in [0.2, 0.25) is 0 Å². The number of imidazole rings is 1. The van der Waals surface area contributed by atoms with E-state index in [1.54, 1.807) is 42.1 Å². The van der Waals surface area contributed by atoms with E-state index in [-0.39, 0.29) is 5.69 Å². The van der Waals surface area contributed by atoms with Crippen molar-refractivity contribution in [3.8, 4) is 16.9 Å². The smallest absolute Gasteiger partial charge is 0.337 e. The molecule has 0 amide bonds. The number of fused-ring (bicyclic) bond motifs is 3. The van der Waals surface area contributed by atoms with E-state index < -0.39 is 5.97 Å². The summed E-state index contributed by atoms with van der Waals surface area (Å²) in [4.78, 5) is 32.0. The van der Waals surface area contributed by atoms with Crippen molar-refractivity contribution < 1.29 is 18.8 Å². The second-order valence-electron chi connectivity index (χ2n) is 7.99. The Morgan fingerprint density at radius 3 is 2.56 bits per heavy atom. The predicted octanol–water partition coefficient (Wildman–Crippen LogP) is 3.99. The van der Waals surface area contributed by atoms with Gasteiger partial charge in [-0.25, -0.2) is 9.59 Å². The molecule has 0 aliphatic rings. The Labute approximate surface area is 193 Å². The molecule has 3 heterocycles. The Morgan fingerprint density at radius 1 is 1.15 bits per heavy atom. The highest BCUT2D eigenvalue weighted by atomic mass is 16.5. The van der Waals surface area contributed by atoms with E-state index in [0.29, 0.717) is 34.7 Å². The van der Waals surface area contributed by atoms with E-state index in [1.165, 1.54) is 7.11 Å². The first-order valence-corrected chi connectivity index (χ1v) is 10.6. The number of methoxy groups -OCH3 is 2. The molecular weight excluding hydrogens is 436 g/mol. The predicted molar refractivity (Wildman–Crippen MR) is 126 cm³/mol. The maximum absolute atomic E-state index is 12.9. The second kappa shape index (κ2) is 8.18. The summed E-state index contributed by atoms with van der Waals surface area (Å²) in [6, 6.07) is 10.8. The van der Waals surface area contributed by atoms with E-state index in [2.05, 4.69) is 15.1 Å². The van der Waals surface area contributed by atoms with Crippen LogP contribution < -0.4 is 10.4 Å². The minimum Gasteiger partial charge on any atom is -0.496 e. The zero-order valence-electron chi connectivity index (χ0n) is 19.1. The monoisotopic (exact) mass is 458 g/mol. The van der Waals surface area contributed by atoms with Crippen molar-refractivity contribution in [1.29, 1.82) is 0 Å². The quantitative estimate of drug-likeness (QED) is 0.396. The van der Waals surface area contributed by atoms with Crippen molar-refractivity contribution in [2.45, 2.75) is 20.4 Å². The van der Waals surface area contributed by atoms with Gasteiger partial charge in [0.05, 0.1) is 60.3 Å². The summed E-state index contributed by atoms with van der Waals surface area (Å²) in [5.74, 6) is 0.901. The molecule has 1 N–H and O–H groups in total. The fraction of sp³-hybridized carbons (Fsp3) is 0.200. The third-order valence-electron chi connectivity index (χ3n) is 5.94. The van der Waals surface area contributed by atoms with Gasteiger partial charge in [-0.05, 0) is 43.7 Å². The van der Waals surface area contributed by atoms with Gasteiger partial charge in [0.15, 0.2) is 0 Å². The number of hydrogen-bond acceptors (Lipinski definition) is 7. The molecular formula is C25H22N4O5. The molecule has 0 saturated carbocycles. The number of nitrogens with one attached hydrogen (secondary N) is 1. The third kappa shape index (κ3) is 3.42. The second-order valence-corrected chi connectivity index (χ2v) is 7.99. The molecule has 172 valence electrons. The van der Waals surface area contributed by atoms with Crippen LogP contribution in [-0.2, 0) is 11.3 Å². The van der Waals surface area contributed by atoms with Crippen molar-refractivity contribution in [3.05, 3.63) is 75.7 Å². The molecule has 34 heavy (non-hydrogen) atoms. The standard InChI is InChI=1S/C25H22N4O5/c1-13-22(14(2)34-28-13)18-9-19-17(10-21(18)32-3)23-20(11-26-19)27-25(31)29(23)12-15-5-7-16(8-6-15)24(30)33-4/h5-11H,12H2,1-4H3,(H,27,31). The summed E-state index contributed by atoms with van der Waals surface area (Å²) in [5.41, 5.74) is 5.53. The Balaban J connectivity index is 1.67. The van der Waals surface area contributed by atoms with Crippen LogP contribution in [-0.4, -0.2) is 39.9 Å². The number of aromatic amines is 1. The normalized spacial score (nSPS) is 11.3. The SMILES string of the molecule is COC(=O)c1ccc(Cn2c(=O)[nH]c3cnc4cc(-c5c(C)noc5C)c(OC)cc4c32)cc1. The highest BCUT2D eigenvalue weighted by molar-refractivity contribution is 6.04. The first-order valence-electron chi connectivity index (χ1n) is 10.6. The molecule has 9 heteroatoms. The molecule has 0 unspecified atom stereocenters. The number of pyridine rings is 1. The average Bonchev–Trinajstić information content (AvgIpc) is 3.35. The van der Waals surface area contributed by atoms with Gasteiger partial charge >= 0.3 is 11.7 Å². The number of nitrogens with zero attached hydrogens (tertiary/aromatic N) is 3. The van der Waals surface area contributed by atoms with Crippen molar-refractivity contribution in [2.75, 3.05) is 14.2 Å². The van der Waals surface area contributed by atoms with Gasteiger partial charge < -0.3 is 19.0 Å². The Bertz CT molecular complexity index is 1590. The average molecular weight is 458 g/mol. The third-order valence-corrected chi connectivity index (χ3v) is 5.94. The molecule has 0 fully saturated rings. The first-order chi connectivity index (χ1) is 16.4. The van der Waals surface area contributed by atoms with Crippen molar-refractivity contribution >= 4 is 27.9 Å². The number of benzene rings is 2. The maximum Gasteiger partial charge on any atom is 0.337 e. The summed E-state index contributed by atoms with van der Waals surface area (Å²) in [5, 5.41) is 4.83. The number of esters is 1. The van der Waals surface area contributed by atoms with Crippen LogP contribution in [0.3, 0.4) is 0 Å². The van der Waals surface area contributed by atoms with Crippen LogP contribution in [0.2, 0.25) is 0 Å². The number of carbonyl (C=O) groups is 1. The molecule has 0 saturated heterocycles. The number of rotatable bonds is 5. The summed E-state index contributed by atoms with van der Waals surface area (Å²) in [6.07, 6.45) is 1.65. The molecule has 0 spiro atoms. The Hall–Kier alpha value is -4.40. The number of carbonyl (C=O) groups excluding carboxylic acids is 1. The summed E-state index contributed by atoms with van der Waals surface area (Å²) in [6.45, 7) is 4.04. The highest BCUT2D eigenvalue weighted by Crippen LogP contribution is 2.38. The highest BCUT2D eigenvalue weighted by Gasteiger charge is 2.20. The van der Waals surface area contributed by atoms with E-state index in [4.69, 9.17) is 14.0 Å². The fourth-order valence-electron chi connectivity index (χ4n) is 4.30. The lowest BCUT2D eigenvalue weighted by atomic mass is 10.0. The van der Waals surface area contributed by atoms with Crippen LogP contribution in [0.15, 0.2) is 51.9 Å². The molecule has 0 aliphatic heterocycles. The van der Waals surface area contributed by atoms with Gasteiger partial charge in [0, 0.05) is 10.9 Å². The van der Waals surface area contributed by atoms with Crippen LogP contribution >= 0.6 is 0 Å². The maximum atomic E-state index is 12.9. The van der Waals surface area contributed by atoms with E-state index in [1.807, 2.05) is 26.0 Å². The van der Waals surface area contributed by atoms with Gasteiger partial charge in [0.25, 0.3) is 0 Å². The molecule has 2 aromatic carbocycles. The van der Waals surface area contributed by atoms with E-state index >= 15 is 0 Å². The number of aromatic nitrogens is 4. The number of hydrogen-bond donors (Lipinski definition) is 1. The molecule has 5 rings (SSSR count). The molecule has 0 bridgehead atoms. The van der Waals surface area contributed by atoms with Gasteiger partial charge in [-0.15, -0.1) is 0 Å².